The van der Waals surface area contributed by atoms with E-state index in [4.69, 9.17) is 23.2 Å². The molecule has 0 radical (unpaired) electrons. The first-order chi connectivity index (χ1) is 16.8. The molecule has 4 aromatic rings. The molecular formula is C25H17Cl2N3O4S. The highest BCUT2D eigenvalue weighted by Crippen LogP contribution is 2.32. The summed E-state index contributed by atoms with van der Waals surface area (Å²) in [5, 5.41) is 2.97. The van der Waals surface area contributed by atoms with E-state index in [0.29, 0.717) is 33.8 Å². The van der Waals surface area contributed by atoms with Crippen LogP contribution < -0.4 is 10.0 Å². The zero-order valence-electron chi connectivity index (χ0n) is 17.9. The molecule has 0 aliphatic carbocycles. The summed E-state index contributed by atoms with van der Waals surface area (Å²) in [6.45, 7) is 0. The van der Waals surface area contributed by atoms with Gasteiger partial charge in [0.15, 0.2) is 0 Å². The lowest BCUT2D eigenvalue weighted by molar-refractivity contribution is 0.102. The fourth-order valence-corrected chi connectivity index (χ4v) is 5.17. The number of aldehydes is 1. The minimum absolute atomic E-state index is 0.0434. The number of hydrogen-bond donors (Lipinski definition) is 2. The van der Waals surface area contributed by atoms with Crippen molar-refractivity contribution in [1.29, 1.82) is 0 Å². The molecule has 35 heavy (non-hydrogen) atoms. The smallest absolute Gasteiger partial charge is 0.263 e. The van der Waals surface area contributed by atoms with E-state index in [2.05, 4.69) is 15.0 Å². The van der Waals surface area contributed by atoms with Gasteiger partial charge in [-0.1, -0.05) is 47.5 Å². The normalized spacial score (nSPS) is 11.0. The Morgan fingerprint density at radius 1 is 0.914 bits per heavy atom. The topological polar surface area (TPSA) is 105 Å². The van der Waals surface area contributed by atoms with Crippen molar-refractivity contribution < 1.29 is 18.0 Å². The highest BCUT2D eigenvalue weighted by atomic mass is 35.5. The third kappa shape index (κ3) is 5.51. The van der Waals surface area contributed by atoms with Gasteiger partial charge in [0, 0.05) is 28.0 Å². The Hall–Kier alpha value is -3.72. The largest absolute Gasteiger partial charge is 0.321 e. The minimum Gasteiger partial charge on any atom is -0.321 e. The van der Waals surface area contributed by atoms with Gasteiger partial charge in [-0.05, 0) is 54.6 Å². The van der Waals surface area contributed by atoms with Crippen molar-refractivity contribution in [2.75, 3.05) is 10.0 Å². The number of sulfonamides is 1. The first-order valence-corrected chi connectivity index (χ1v) is 12.4. The molecule has 0 aliphatic heterocycles. The zero-order valence-corrected chi connectivity index (χ0v) is 20.2. The van der Waals surface area contributed by atoms with Crippen molar-refractivity contribution in [3.8, 4) is 11.3 Å². The number of halogens is 2. The van der Waals surface area contributed by atoms with E-state index in [1.807, 2.05) is 0 Å². The fourth-order valence-electron chi connectivity index (χ4n) is 3.33. The van der Waals surface area contributed by atoms with Crippen molar-refractivity contribution in [2.45, 2.75) is 4.90 Å². The van der Waals surface area contributed by atoms with E-state index in [0.717, 1.165) is 0 Å². The SMILES string of the molecule is O=Cc1cccc(NS(=O)(=O)c2cccc(C(=O)Nc3ccc(Cl)cc3-c3ccccn3)c2Cl)c1. The van der Waals surface area contributed by atoms with Crippen LogP contribution >= 0.6 is 23.2 Å². The third-order valence-corrected chi connectivity index (χ3v) is 7.12. The second-order valence-corrected chi connectivity index (χ2v) is 9.79. The molecule has 0 spiro atoms. The molecule has 176 valence electrons. The standard InChI is InChI=1S/C25H17Cl2N3O4S/c26-17-10-11-22(20(14-17)21-8-1-2-12-28-21)29-25(32)19-7-4-9-23(24(19)27)35(33,34)30-18-6-3-5-16(13-18)15-31/h1-15,30H,(H,29,32). The van der Waals surface area contributed by atoms with Crippen LogP contribution in [0.3, 0.4) is 0 Å². The van der Waals surface area contributed by atoms with Crippen LogP contribution in [-0.2, 0) is 10.0 Å². The van der Waals surface area contributed by atoms with Crippen LogP contribution in [0.5, 0.6) is 0 Å². The number of nitrogens with zero attached hydrogens (tertiary/aromatic N) is 1. The van der Waals surface area contributed by atoms with E-state index in [1.54, 1.807) is 54.7 Å². The molecule has 1 amide bonds. The van der Waals surface area contributed by atoms with E-state index < -0.39 is 15.9 Å². The molecule has 10 heteroatoms. The molecule has 0 bridgehead atoms. The minimum atomic E-state index is -4.16. The van der Waals surface area contributed by atoms with Crippen molar-refractivity contribution in [2.24, 2.45) is 0 Å². The molecule has 7 nitrogen and oxygen atoms in total. The van der Waals surface area contributed by atoms with Crippen LogP contribution in [0.15, 0.2) is 90.0 Å². The van der Waals surface area contributed by atoms with Crippen LogP contribution in [0.25, 0.3) is 11.3 Å². The van der Waals surface area contributed by atoms with Crippen molar-refractivity contribution in [3.63, 3.8) is 0 Å². The number of pyridine rings is 1. The molecule has 0 aliphatic rings. The average molecular weight is 526 g/mol. The van der Waals surface area contributed by atoms with Gasteiger partial charge in [0.25, 0.3) is 15.9 Å². The lowest BCUT2D eigenvalue weighted by atomic mass is 10.1. The molecule has 2 N–H and O–H groups in total. The number of benzene rings is 3. The Bertz CT molecular complexity index is 1530. The van der Waals surface area contributed by atoms with Gasteiger partial charge in [0.1, 0.15) is 11.2 Å². The second-order valence-electron chi connectivity index (χ2n) is 7.33. The average Bonchev–Trinajstić information content (AvgIpc) is 2.85. The van der Waals surface area contributed by atoms with Gasteiger partial charge in [0.05, 0.1) is 22.0 Å². The van der Waals surface area contributed by atoms with Gasteiger partial charge < -0.3 is 5.32 Å². The lowest BCUT2D eigenvalue weighted by Gasteiger charge is -2.14. The Morgan fingerprint density at radius 3 is 2.46 bits per heavy atom. The molecule has 0 atom stereocenters. The predicted molar refractivity (Wildman–Crippen MR) is 137 cm³/mol. The predicted octanol–water partition coefficient (Wildman–Crippen LogP) is 5.92. The quantitative estimate of drug-likeness (QED) is 0.291. The molecule has 0 saturated heterocycles. The number of carbonyl (C=O) groups is 2. The molecular weight excluding hydrogens is 509 g/mol. The Balaban J connectivity index is 1.65. The van der Waals surface area contributed by atoms with Gasteiger partial charge in [-0.3, -0.25) is 19.3 Å². The van der Waals surface area contributed by atoms with Gasteiger partial charge >= 0.3 is 0 Å². The summed E-state index contributed by atoms with van der Waals surface area (Å²) in [6, 6.07) is 20.3. The number of nitrogens with one attached hydrogen (secondary N) is 2. The zero-order chi connectivity index (χ0) is 25.0. The van der Waals surface area contributed by atoms with Gasteiger partial charge in [-0.15, -0.1) is 0 Å². The molecule has 4 rings (SSSR count). The number of amides is 1. The molecule has 1 heterocycles. The molecule has 1 aromatic heterocycles. The van der Waals surface area contributed by atoms with Crippen LogP contribution in [0.1, 0.15) is 20.7 Å². The summed E-state index contributed by atoms with van der Waals surface area (Å²) in [6.07, 6.45) is 2.22. The van der Waals surface area contributed by atoms with E-state index >= 15 is 0 Å². The fraction of sp³-hybridized carbons (Fsp3) is 0. The Morgan fingerprint density at radius 2 is 1.71 bits per heavy atom. The Kier molecular flexibility index (Phi) is 7.16. The van der Waals surface area contributed by atoms with Gasteiger partial charge in [-0.25, -0.2) is 8.42 Å². The number of hydrogen-bond acceptors (Lipinski definition) is 5. The Labute approximate surface area is 211 Å². The molecule has 0 saturated carbocycles. The van der Waals surface area contributed by atoms with Crippen LogP contribution in [-0.4, -0.2) is 25.6 Å². The number of anilines is 2. The molecule has 0 unspecified atom stereocenters. The molecule has 3 aromatic carbocycles. The maximum absolute atomic E-state index is 13.1. The van der Waals surface area contributed by atoms with E-state index in [-0.39, 0.29) is 21.2 Å². The van der Waals surface area contributed by atoms with Crippen molar-refractivity contribution in [1.82, 2.24) is 4.98 Å². The van der Waals surface area contributed by atoms with Gasteiger partial charge in [0.2, 0.25) is 0 Å². The van der Waals surface area contributed by atoms with Crippen molar-refractivity contribution in [3.05, 3.63) is 106 Å². The van der Waals surface area contributed by atoms with Crippen LogP contribution in [0.2, 0.25) is 10.0 Å². The first-order valence-electron chi connectivity index (χ1n) is 10.2. The van der Waals surface area contributed by atoms with Gasteiger partial charge in [-0.2, -0.15) is 0 Å². The third-order valence-electron chi connectivity index (χ3n) is 4.94. The van der Waals surface area contributed by atoms with Crippen LogP contribution in [0, 0.1) is 0 Å². The summed E-state index contributed by atoms with van der Waals surface area (Å²) < 4.78 is 28.4. The maximum Gasteiger partial charge on any atom is 0.263 e. The van der Waals surface area contributed by atoms with E-state index in [9.17, 15) is 18.0 Å². The summed E-state index contributed by atoms with van der Waals surface area (Å²) in [5.74, 6) is -0.616. The highest BCUT2D eigenvalue weighted by molar-refractivity contribution is 7.92. The summed E-state index contributed by atoms with van der Waals surface area (Å²) in [4.78, 5) is 28.1. The monoisotopic (exact) mass is 525 g/mol. The van der Waals surface area contributed by atoms with Crippen molar-refractivity contribution >= 4 is 56.8 Å². The lowest BCUT2D eigenvalue weighted by Crippen LogP contribution is -2.17. The first kappa shape index (κ1) is 24.4. The highest BCUT2D eigenvalue weighted by Gasteiger charge is 2.23. The number of rotatable bonds is 7. The summed E-state index contributed by atoms with van der Waals surface area (Å²) in [5.41, 5.74) is 2.04. The maximum atomic E-state index is 13.1. The van der Waals surface area contributed by atoms with Crippen LogP contribution in [0.4, 0.5) is 11.4 Å². The number of carbonyl (C=O) groups excluding carboxylic acids is 2. The number of aromatic nitrogens is 1. The van der Waals surface area contributed by atoms with E-state index in [1.165, 1.54) is 30.3 Å². The summed E-state index contributed by atoms with van der Waals surface area (Å²) in [7, 11) is -4.16. The second kappa shape index (κ2) is 10.3. The molecule has 0 fully saturated rings. The summed E-state index contributed by atoms with van der Waals surface area (Å²) >= 11 is 12.5.